The van der Waals surface area contributed by atoms with Gasteiger partial charge in [-0.25, -0.2) is 4.68 Å². The number of nitrogens with zero attached hydrogens (tertiary/aromatic N) is 6. The number of tetrazole rings is 1. The molecule has 2 aromatic carbocycles. The van der Waals surface area contributed by atoms with Crippen molar-refractivity contribution in [1.82, 2.24) is 25.1 Å². The van der Waals surface area contributed by atoms with E-state index in [1.807, 2.05) is 24.3 Å². The van der Waals surface area contributed by atoms with Crippen LogP contribution in [0.2, 0.25) is 0 Å². The van der Waals surface area contributed by atoms with Gasteiger partial charge in [-0.2, -0.15) is 0 Å². The van der Waals surface area contributed by atoms with Crippen molar-refractivity contribution >= 4 is 18.1 Å². The van der Waals surface area contributed by atoms with Crippen LogP contribution in [0.5, 0.6) is 17.2 Å². The number of para-hydroxylation sites is 2. The normalized spacial score (nSPS) is 17.6. The molecule has 1 atom stereocenters. The lowest BCUT2D eigenvalue weighted by Gasteiger charge is -2.40. The third-order valence-electron chi connectivity index (χ3n) is 7.52. The number of methoxy groups -OCH3 is 3. The number of benzene rings is 2. The molecule has 3 aromatic rings. The maximum absolute atomic E-state index is 5.85. The summed E-state index contributed by atoms with van der Waals surface area (Å²) in [6.07, 6.45) is 5.96. The molecule has 2 fully saturated rings. The first-order chi connectivity index (χ1) is 17.7. The van der Waals surface area contributed by atoms with Gasteiger partial charge in [0, 0.05) is 37.8 Å². The predicted octanol–water partition coefficient (Wildman–Crippen LogP) is 4.54. The molecule has 2 heterocycles. The van der Waals surface area contributed by atoms with Crippen LogP contribution >= 0.6 is 12.4 Å². The van der Waals surface area contributed by atoms with Crippen LogP contribution in [0.25, 0.3) is 0 Å². The summed E-state index contributed by atoms with van der Waals surface area (Å²) >= 11 is 0. The van der Waals surface area contributed by atoms with Gasteiger partial charge in [0.15, 0.2) is 5.82 Å². The van der Waals surface area contributed by atoms with Gasteiger partial charge in [-0.1, -0.05) is 31.4 Å². The van der Waals surface area contributed by atoms with Crippen molar-refractivity contribution in [2.75, 3.05) is 52.4 Å². The maximum atomic E-state index is 5.85. The third kappa shape index (κ3) is 5.62. The number of ether oxygens (including phenoxy) is 3. The SMILES string of the molecule is COc1ccc(C(c2nnnn2C2CCCCC2)N2CCN(c3ccccc3OC)CC2)c(OC)c1.Cl. The first kappa shape index (κ1) is 27.0. The largest absolute Gasteiger partial charge is 0.497 e. The fourth-order valence-electron chi connectivity index (χ4n) is 5.62. The molecule has 1 unspecified atom stereocenters. The standard InChI is InChI=1S/C27H36N6O3.ClH/c1-34-21-13-14-22(25(19-21)36-3)26(27-28-29-30-33(27)20-9-5-4-6-10-20)32-17-15-31(16-18-32)23-11-7-8-12-24(23)35-2;/h7-8,11-14,19-20,26H,4-6,9-10,15-18H2,1-3H3;1H. The molecule has 1 aliphatic carbocycles. The Hall–Kier alpha value is -3.04. The first-order valence-electron chi connectivity index (χ1n) is 12.8. The Labute approximate surface area is 225 Å². The molecule has 5 rings (SSSR count). The highest BCUT2D eigenvalue weighted by atomic mass is 35.5. The van der Waals surface area contributed by atoms with Crippen molar-refractivity contribution in [3.8, 4) is 17.2 Å². The molecular formula is C27H37ClN6O3. The molecule has 0 N–H and O–H groups in total. The smallest absolute Gasteiger partial charge is 0.173 e. The van der Waals surface area contributed by atoms with Crippen molar-refractivity contribution in [3.05, 3.63) is 53.9 Å². The van der Waals surface area contributed by atoms with Gasteiger partial charge in [-0.05, 0) is 47.5 Å². The zero-order valence-electron chi connectivity index (χ0n) is 21.9. The quantitative estimate of drug-likeness (QED) is 0.422. The second-order valence-electron chi connectivity index (χ2n) is 9.48. The van der Waals surface area contributed by atoms with Crippen LogP contribution in [0.1, 0.15) is 55.6 Å². The average Bonchev–Trinajstić information content (AvgIpc) is 3.43. The summed E-state index contributed by atoms with van der Waals surface area (Å²) in [5.41, 5.74) is 2.18. The highest BCUT2D eigenvalue weighted by Gasteiger charge is 2.35. The Kier molecular flexibility index (Phi) is 9.10. The number of hydrogen-bond acceptors (Lipinski definition) is 8. The minimum Gasteiger partial charge on any atom is -0.497 e. The van der Waals surface area contributed by atoms with Gasteiger partial charge in [0.05, 0.1) is 33.1 Å². The molecular weight excluding hydrogens is 492 g/mol. The highest BCUT2D eigenvalue weighted by molar-refractivity contribution is 5.85. The van der Waals surface area contributed by atoms with Crippen LogP contribution < -0.4 is 19.1 Å². The summed E-state index contributed by atoms with van der Waals surface area (Å²) in [6, 6.07) is 14.5. The molecule has 2 aliphatic rings. The van der Waals surface area contributed by atoms with Gasteiger partial charge in [-0.15, -0.1) is 17.5 Å². The summed E-state index contributed by atoms with van der Waals surface area (Å²) in [5.74, 6) is 3.34. The minimum absolute atomic E-state index is 0. The average molecular weight is 529 g/mol. The van der Waals surface area contributed by atoms with Crippen LogP contribution in [-0.2, 0) is 0 Å². The summed E-state index contributed by atoms with van der Waals surface area (Å²) < 4.78 is 19.0. The van der Waals surface area contributed by atoms with Crippen LogP contribution in [0.15, 0.2) is 42.5 Å². The fraction of sp³-hybridized carbons (Fsp3) is 0.519. The number of rotatable bonds is 8. The van der Waals surface area contributed by atoms with E-state index in [1.54, 1.807) is 21.3 Å². The Bertz CT molecular complexity index is 1140. The van der Waals surface area contributed by atoms with Crippen LogP contribution in [-0.4, -0.2) is 72.6 Å². The van der Waals surface area contributed by atoms with Gasteiger partial charge in [0.2, 0.25) is 0 Å². The van der Waals surface area contributed by atoms with E-state index in [-0.39, 0.29) is 18.4 Å². The molecule has 1 saturated heterocycles. The van der Waals surface area contributed by atoms with E-state index in [1.165, 1.54) is 19.3 Å². The lowest BCUT2D eigenvalue weighted by molar-refractivity contribution is 0.190. The summed E-state index contributed by atoms with van der Waals surface area (Å²) in [6.45, 7) is 3.46. The molecule has 10 heteroatoms. The molecule has 1 saturated carbocycles. The van der Waals surface area contributed by atoms with E-state index in [0.717, 1.165) is 73.3 Å². The van der Waals surface area contributed by atoms with Crippen molar-refractivity contribution in [2.24, 2.45) is 0 Å². The van der Waals surface area contributed by atoms with Crippen molar-refractivity contribution in [2.45, 2.75) is 44.2 Å². The van der Waals surface area contributed by atoms with Crippen LogP contribution in [0.3, 0.4) is 0 Å². The minimum atomic E-state index is -0.123. The number of anilines is 1. The van der Waals surface area contributed by atoms with E-state index in [0.29, 0.717) is 6.04 Å². The predicted molar refractivity (Wildman–Crippen MR) is 145 cm³/mol. The van der Waals surface area contributed by atoms with Crippen LogP contribution in [0, 0.1) is 0 Å². The number of halogens is 1. The Morgan fingerprint density at radius 2 is 1.57 bits per heavy atom. The fourth-order valence-corrected chi connectivity index (χ4v) is 5.62. The molecule has 9 nitrogen and oxygen atoms in total. The van der Waals surface area contributed by atoms with Crippen molar-refractivity contribution < 1.29 is 14.2 Å². The summed E-state index contributed by atoms with van der Waals surface area (Å²) in [5, 5.41) is 13.3. The monoisotopic (exact) mass is 528 g/mol. The maximum Gasteiger partial charge on any atom is 0.173 e. The van der Waals surface area contributed by atoms with Gasteiger partial charge >= 0.3 is 0 Å². The van der Waals surface area contributed by atoms with Gasteiger partial charge in [0.1, 0.15) is 23.3 Å². The highest BCUT2D eigenvalue weighted by Crippen LogP contribution is 2.39. The summed E-state index contributed by atoms with van der Waals surface area (Å²) in [7, 11) is 5.11. The Morgan fingerprint density at radius 3 is 2.27 bits per heavy atom. The molecule has 0 bridgehead atoms. The molecule has 1 aromatic heterocycles. The molecule has 1 aliphatic heterocycles. The van der Waals surface area contributed by atoms with E-state index < -0.39 is 0 Å². The zero-order valence-corrected chi connectivity index (χ0v) is 22.7. The van der Waals surface area contributed by atoms with E-state index in [2.05, 4.69) is 48.2 Å². The zero-order chi connectivity index (χ0) is 24.9. The molecule has 200 valence electrons. The third-order valence-corrected chi connectivity index (χ3v) is 7.52. The van der Waals surface area contributed by atoms with Gasteiger partial charge < -0.3 is 19.1 Å². The number of piperazine rings is 1. The number of aromatic nitrogens is 4. The van der Waals surface area contributed by atoms with Crippen molar-refractivity contribution in [3.63, 3.8) is 0 Å². The Balaban J connectivity index is 0.00000320. The lowest BCUT2D eigenvalue weighted by atomic mass is 9.94. The molecule has 0 amide bonds. The molecule has 0 spiro atoms. The van der Waals surface area contributed by atoms with Crippen molar-refractivity contribution in [1.29, 1.82) is 0 Å². The molecule has 37 heavy (non-hydrogen) atoms. The van der Waals surface area contributed by atoms with E-state index in [4.69, 9.17) is 14.2 Å². The second-order valence-corrected chi connectivity index (χ2v) is 9.48. The number of hydrogen-bond donors (Lipinski definition) is 0. The Morgan fingerprint density at radius 1 is 0.838 bits per heavy atom. The summed E-state index contributed by atoms with van der Waals surface area (Å²) in [4.78, 5) is 4.86. The van der Waals surface area contributed by atoms with E-state index >= 15 is 0 Å². The second kappa shape index (κ2) is 12.5. The van der Waals surface area contributed by atoms with Crippen LogP contribution in [0.4, 0.5) is 5.69 Å². The van der Waals surface area contributed by atoms with E-state index in [9.17, 15) is 0 Å². The topological polar surface area (TPSA) is 77.8 Å². The van der Waals surface area contributed by atoms with Gasteiger partial charge in [0.25, 0.3) is 0 Å². The lowest BCUT2D eigenvalue weighted by Crippen LogP contribution is -2.48. The van der Waals surface area contributed by atoms with Gasteiger partial charge in [-0.3, -0.25) is 4.90 Å². The first-order valence-corrected chi connectivity index (χ1v) is 12.8. The molecule has 0 radical (unpaired) electrons.